The topological polar surface area (TPSA) is 272 Å². The summed E-state index contributed by atoms with van der Waals surface area (Å²) in [6.07, 6.45) is 49.2. The van der Waals surface area contributed by atoms with Crippen LogP contribution in [0.15, 0.2) is 97.6 Å². The number of Topliss-reactive ketones (excluding diaryl/α,β-unsaturated/α-hetero) is 4. The maximum Gasteiger partial charge on any atom is 0.201 e. The van der Waals surface area contributed by atoms with Crippen LogP contribution in [-0.4, -0.2) is 125 Å². The minimum absolute atomic E-state index is 0.121. The van der Waals surface area contributed by atoms with Crippen molar-refractivity contribution in [1.29, 1.82) is 0 Å². The molecule has 20 nitrogen and oxygen atoms in total. The van der Waals surface area contributed by atoms with Crippen LogP contribution in [0.5, 0.6) is 0 Å². The van der Waals surface area contributed by atoms with E-state index in [1.54, 1.807) is 21.9 Å². The highest BCUT2D eigenvalue weighted by Crippen LogP contribution is 2.70. The van der Waals surface area contributed by atoms with Crippen molar-refractivity contribution in [2.75, 3.05) is 0 Å². The Hall–Kier alpha value is -7.00. The zero-order valence-corrected chi connectivity index (χ0v) is 78.2. The summed E-state index contributed by atoms with van der Waals surface area (Å²) >= 11 is 0. The lowest BCUT2D eigenvalue weighted by molar-refractivity contribution is -0.133. The van der Waals surface area contributed by atoms with Gasteiger partial charge in [0.2, 0.25) is 11.3 Å². The van der Waals surface area contributed by atoms with Crippen LogP contribution in [0, 0.1) is 164 Å². The Kier molecular flexibility index (Phi) is 23.0. The van der Waals surface area contributed by atoms with Gasteiger partial charge in [-0.2, -0.15) is 20.1 Å². The fourth-order valence-corrected chi connectivity index (χ4v) is 35.5. The van der Waals surface area contributed by atoms with Crippen molar-refractivity contribution in [3.05, 3.63) is 97.6 Å². The Morgan fingerprint density at radius 1 is 0.336 bits per heavy atom. The highest BCUT2D eigenvalue weighted by molar-refractivity contribution is 5.87. The molecule has 16 aliphatic carbocycles. The number of aromatic nitrogens is 12. The number of pyridine rings is 2. The van der Waals surface area contributed by atoms with E-state index in [-0.39, 0.29) is 51.9 Å². The number of fused-ring (bicyclic) bond motifs is 24. The number of ketones is 4. The number of para-hydroxylation sites is 1. The largest absolute Gasteiger partial charge is 0.390 e. The first kappa shape index (κ1) is 87.6. The summed E-state index contributed by atoms with van der Waals surface area (Å²) in [5, 5.41) is 71.1. The molecule has 0 aliphatic heterocycles. The summed E-state index contributed by atoms with van der Waals surface area (Å²) in [6, 6.07) is 23.9. The Bertz CT molecular complexity index is 5020. The molecule has 32 atom stereocenters. The maximum absolute atomic E-state index is 13.6. The van der Waals surface area contributed by atoms with Crippen LogP contribution in [0.2, 0.25) is 0 Å². The van der Waals surface area contributed by atoms with E-state index in [2.05, 4.69) is 86.6 Å². The van der Waals surface area contributed by atoms with Gasteiger partial charge in [-0.1, -0.05) is 69.3 Å². The zero-order valence-electron chi connectivity index (χ0n) is 78.2. The van der Waals surface area contributed by atoms with Gasteiger partial charge in [0.25, 0.3) is 0 Å². The fourth-order valence-electron chi connectivity index (χ4n) is 35.5. The monoisotopic (exact) mass is 1740 g/mol. The molecule has 0 radical (unpaired) electrons. The van der Waals surface area contributed by atoms with Gasteiger partial charge in [-0.15, -0.1) is 10.2 Å². The van der Waals surface area contributed by atoms with Crippen molar-refractivity contribution in [3.8, 4) is 0 Å². The molecule has 8 aromatic rings. The molecular weight excluding hydrogens is 1590 g/mol. The molecule has 688 valence electrons. The number of benzene rings is 2. The molecule has 6 heterocycles. The van der Waals surface area contributed by atoms with E-state index in [9.17, 15) is 39.6 Å². The second-order valence-corrected chi connectivity index (χ2v) is 48.2. The highest BCUT2D eigenvalue weighted by atomic mass is 16.3. The molecule has 0 bridgehead atoms. The highest BCUT2D eigenvalue weighted by Gasteiger charge is 2.64. The number of aliphatic hydroxyl groups is 4. The zero-order chi connectivity index (χ0) is 88.3. The molecule has 0 amide bonds. The minimum Gasteiger partial charge on any atom is -0.390 e. The van der Waals surface area contributed by atoms with Crippen LogP contribution in [0.25, 0.3) is 44.1 Å². The molecule has 20 heteroatoms. The molecule has 0 spiro atoms. The molecule has 16 aliphatic rings. The van der Waals surface area contributed by atoms with Crippen molar-refractivity contribution in [2.24, 2.45) is 164 Å². The number of hydrogen-bond acceptors (Lipinski definition) is 16. The Balaban J connectivity index is 0.000000104. The van der Waals surface area contributed by atoms with Crippen LogP contribution >= 0.6 is 0 Å². The summed E-state index contributed by atoms with van der Waals surface area (Å²) in [4.78, 5) is 64.2. The maximum atomic E-state index is 13.6. The van der Waals surface area contributed by atoms with Crippen molar-refractivity contribution in [3.63, 3.8) is 0 Å². The van der Waals surface area contributed by atoms with Crippen LogP contribution < -0.4 is 0 Å². The summed E-state index contributed by atoms with van der Waals surface area (Å²) in [7, 11) is 0. The van der Waals surface area contributed by atoms with Gasteiger partial charge >= 0.3 is 0 Å². The van der Waals surface area contributed by atoms with E-state index in [1.165, 1.54) is 154 Å². The average molecular weight is 1740 g/mol. The van der Waals surface area contributed by atoms with Gasteiger partial charge in [-0.3, -0.25) is 28.5 Å². The third-order valence-corrected chi connectivity index (χ3v) is 41.2. The van der Waals surface area contributed by atoms with Crippen molar-refractivity contribution < 1.29 is 39.6 Å². The predicted molar refractivity (Wildman–Crippen MR) is 495 cm³/mol. The summed E-state index contributed by atoms with van der Waals surface area (Å²) < 4.78 is 5.53. The number of carbonyl (C=O) groups excluding carboxylic acids is 4. The molecular formula is C108H148N12O8. The molecule has 24 rings (SSSR count). The normalized spacial score (nSPS) is 43.5. The van der Waals surface area contributed by atoms with Crippen molar-refractivity contribution >= 4 is 67.3 Å². The predicted octanol–water partition coefficient (Wildman–Crippen LogP) is 20.1. The molecule has 16 saturated carbocycles. The van der Waals surface area contributed by atoms with E-state index < -0.39 is 22.4 Å². The third kappa shape index (κ3) is 15.9. The van der Waals surface area contributed by atoms with Crippen LogP contribution in [0.1, 0.15) is 287 Å². The molecule has 128 heavy (non-hydrogen) atoms. The molecule has 6 aromatic heterocycles. The van der Waals surface area contributed by atoms with Crippen molar-refractivity contribution in [2.45, 2.75) is 335 Å². The standard InChI is InChI=1S/2C28H38N2O2.2C26H36N4O2/c1-27(32)13-11-20-18(15-27)7-8-22-21(20)12-14-28(2)23(22)9-10-24(28)26(31)17-30-16-19-5-3-4-6-25(19)29-30;1-27(32)13-11-20-18(15-27)7-8-22-21(20)12-14-28(2)23(22)9-10-24(28)26(31)17-30-25-6-4-3-5-19(25)16-29-30;1-25(32)11-9-17-16(14-25)5-6-19-18(17)10-12-26(2)20(19)7-8-21(26)23(31)15-30-22-4-3-13-27-24(22)28-29-30;1-25(32)11-9-17-16(14-25)5-6-19-18(17)10-12-26(2)20(19)7-8-21(26)23(31)15-30-28-22-4-3-13-27-24(22)29-30/h2*3-6,16,18,20-24,32H,7-15,17H2,1-2H3;2*3-4,13,16-21,32H,5-12,14-15H2,1-2H3/t2*18-,20+,21-,22-,23+,24-,27-,28+;2*16-,17+,18-,19-,20+,21-,25-,26+/m1111/s1. The first-order chi connectivity index (χ1) is 61.4. The molecule has 0 saturated heterocycles. The van der Waals surface area contributed by atoms with E-state index in [0.717, 1.165) is 193 Å². The quantitative estimate of drug-likeness (QED) is 0.0885. The molecule has 2 aromatic carbocycles. The van der Waals surface area contributed by atoms with E-state index in [0.29, 0.717) is 89.6 Å². The first-order valence-electron chi connectivity index (χ1n) is 51.5. The second-order valence-electron chi connectivity index (χ2n) is 48.2. The lowest BCUT2D eigenvalue weighted by Crippen LogP contribution is -2.51. The second kappa shape index (κ2) is 33.6. The smallest absolute Gasteiger partial charge is 0.201 e. The van der Waals surface area contributed by atoms with E-state index in [1.807, 2.05) is 104 Å². The number of rotatable bonds is 12. The van der Waals surface area contributed by atoms with Gasteiger partial charge in [0.05, 0.1) is 46.2 Å². The lowest BCUT2D eigenvalue weighted by Gasteiger charge is -2.56. The van der Waals surface area contributed by atoms with Crippen LogP contribution in [0.4, 0.5) is 0 Å². The van der Waals surface area contributed by atoms with E-state index >= 15 is 0 Å². The Labute approximate surface area is 758 Å². The van der Waals surface area contributed by atoms with Crippen LogP contribution in [0.3, 0.4) is 0 Å². The lowest BCUT2D eigenvalue weighted by atomic mass is 9.49. The summed E-state index contributed by atoms with van der Waals surface area (Å²) in [5.41, 5.74) is 3.62. The first-order valence-corrected chi connectivity index (χ1v) is 51.5. The van der Waals surface area contributed by atoms with E-state index in [4.69, 9.17) is 0 Å². The van der Waals surface area contributed by atoms with Gasteiger partial charge in [0.15, 0.2) is 23.1 Å². The molecule has 0 unspecified atom stereocenters. The third-order valence-electron chi connectivity index (χ3n) is 41.2. The van der Waals surface area contributed by atoms with Gasteiger partial charge in [-0.25, -0.2) is 14.6 Å². The van der Waals surface area contributed by atoms with Crippen molar-refractivity contribution in [1.82, 2.24) is 59.5 Å². The van der Waals surface area contributed by atoms with Gasteiger partial charge in [0, 0.05) is 53.0 Å². The van der Waals surface area contributed by atoms with Gasteiger partial charge < -0.3 is 20.4 Å². The molecule has 4 N–H and O–H groups in total. The Morgan fingerprint density at radius 2 is 0.703 bits per heavy atom. The number of hydrogen-bond donors (Lipinski definition) is 4. The minimum atomic E-state index is -0.455. The van der Waals surface area contributed by atoms with Gasteiger partial charge in [-0.05, 0) is 435 Å². The number of nitrogens with zero attached hydrogens (tertiary/aromatic N) is 12. The SMILES string of the molecule is C[C@@]1(O)CC[C@H]2[C@H](CC[C@@H]3[C@@H]2CC[C@]2(C)[C@@H](C(=O)Cn4cc5ccccc5n4)CC[C@@H]32)C1.C[C@@]1(O)CC[C@H]2[C@H](CC[C@@H]3[C@@H]2CC[C@]2(C)[C@@H](C(=O)Cn4nc5cccnc5n4)CC[C@@H]32)C1.C[C@@]1(O)CC[C@H]2[C@H](CC[C@@H]3[C@@H]2CC[C@]2(C)[C@@H](C(=O)Cn4ncc5ccccc54)CC[C@@H]32)C1.C[C@@]1(O)CC[C@H]2[C@H](CC[C@@H]3[C@@H]2CC[C@]2(C)[C@@H](C(=O)Cn4nnc5ncccc54)CC[C@@H]32)C1. The fraction of sp³-hybridized carbons (Fsp3) is 0.741. The average Bonchev–Trinajstić information content (AvgIpc) is 1.50. The Morgan fingerprint density at radius 3 is 1.14 bits per heavy atom. The van der Waals surface area contributed by atoms with Crippen LogP contribution in [-0.2, 0) is 45.4 Å². The molecule has 16 fully saturated rings. The number of carbonyl (C=O) groups is 4. The summed E-state index contributed by atoms with van der Waals surface area (Å²) in [6.45, 7) is 19.3. The van der Waals surface area contributed by atoms with Gasteiger partial charge in [0.1, 0.15) is 30.7 Å². The summed E-state index contributed by atoms with van der Waals surface area (Å²) in [5.74, 6) is 17.2.